The van der Waals surface area contributed by atoms with Crippen LogP contribution in [0.2, 0.25) is 5.02 Å². The van der Waals surface area contributed by atoms with Crippen LogP contribution < -0.4 is 15.0 Å². The molecule has 1 aromatic heterocycles. The number of nitrogens with zero attached hydrogens (tertiary/aromatic N) is 5. The summed E-state index contributed by atoms with van der Waals surface area (Å²) < 4.78 is 6.78. The van der Waals surface area contributed by atoms with Gasteiger partial charge in [0.2, 0.25) is 0 Å². The van der Waals surface area contributed by atoms with Gasteiger partial charge in [-0.3, -0.25) is 4.79 Å². The van der Waals surface area contributed by atoms with Crippen LogP contribution in [0.1, 0.15) is 21.5 Å². The third-order valence-electron chi connectivity index (χ3n) is 4.39. The number of halogens is 1. The summed E-state index contributed by atoms with van der Waals surface area (Å²) in [5.41, 5.74) is 4.11. The van der Waals surface area contributed by atoms with Crippen molar-refractivity contribution < 1.29 is 9.53 Å². The topological polar surface area (TPSA) is 85.2 Å². The number of rotatable bonds is 6. The highest BCUT2D eigenvalue weighted by atomic mass is 35.5. The van der Waals surface area contributed by atoms with Gasteiger partial charge < -0.3 is 15.0 Å². The van der Waals surface area contributed by atoms with Crippen LogP contribution >= 0.6 is 11.6 Å². The minimum absolute atomic E-state index is 0.280. The highest BCUT2D eigenvalue weighted by Crippen LogP contribution is 2.29. The molecule has 0 aliphatic rings. The number of anilines is 1. The van der Waals surface area contributed by atoms with Gasteiger partial charge in [-0.1, -0.05) is 17.7 Å². The molecule has 0 spiro atoms. The maximum Gasteiger partial charge on any atom is 0.255 e. The van der Waals surface area contributed by atoms with Gasteiger partial charge >= 0.3 is 0 Å². The number of ether oxygens (including phenoxy) is 1. The van der Waals surface area contributed by atoms with Crippen LogP contribution in [0.15, 0.2) is 36.7 Å². The Morgan fingerprint density at radius 1 is 1.29 bits per heavy atom. The minimum atomic E-state index is -0.280. The number of carbonyl (C=O) groups is 1. The Morgan fingerprint density at radius 2 is 2.07 bits per heavy atom. The molecule has 1 amide bonds. The van der Waals surface area contributed by atoms with Gasteiger partial charge in [-0.15, -0.1) is 5.10 Å². The SMILES string of the molecule is COc1cc(-n2cnnn2)c(Cl)cc1C(=O)NCc1ccc(N(C)C)cc1C. The summed E-state index contributed by atoms with van der Waals surface area (Å²) in [5, 5.41) is 14.3. The monoisotopic (exact) mass is 400 g/mol. The van der Waals surface area contributed by atoms with Gasteiger partial charge in [-0.05, 0) is 46.7 Å². The third kappa shape index (κ3) is 4.07. The fourth-order valence-electron chi connectivity index (χ4n) is 2.76. The molecular weight excluding hydrogens is 380 g/mol. The maximum absolute atomic E-state index is 12.7. The summed E-state index contributed by atoms with van der Waals surface area (Å²) in [5.74, 6) is 0.102. The zero-order chi connectivity index (χ0) is 20.3. The van der Waals surface area contributed by atoms with Crippen LogP contribution in [0.25, 0.3) is 5.69 Å². The first-order valence-electron chi connectivity index (χ1n) is 8.56. The Labute approximate surface area is 168 Å². The Kier molecular flexibility index (Phi) is 5.79. The molecule has 3 aromatic rings. The lowest BCUT2D eigenvalue weighted by atomic mass is 10.1. The zero-order valence-electron chi connectivity index (χ0n) is 16.1. The Bertz CT molecular complexity index is 988. The molecule has 146 valence electrons. The summed E-state index contributed by atoms with van der Waals surface area (Å²) >= 11 is 6.33. The van der Waals surface area contributed by atoms with Crippen LogP contribution in [-0.2, 0) is 6.54 Å². The molecule has 28 heavy (non-hydrogen) atoms. The van der Waals surface area contributed by atoms with Crippen molar-refractivity contribution in [1.29, 1.82) is 0 Å². The average Bonchev–Trinajstić information content (AvgIpc) is 3.20. The number of hydrogen-bond acceptors (Lipinski definition) is 6. The third-order valence-corrected chi connectivity index (χ3v) is 4.69. The molecule has 2 aromatic carbocycles. The molecule has 1 N–H and O–H groups in total. The minimum Gasteiger partial charge on any atom is -0.496 e. The number of aromatic nitrogens is 4. The van der Waals surface area contributed by atoms with Gasteiger partial charge in [0.15, 0.2) is 0 Å². The highest BCUT2D eigenvalue weighted by Gasteiger charge is 2.17. The molecule has 0 aliphatic heterocycles. The summed E-state index contributed by atoms with van der Waals surface area (Å²) in [6.45, 7) is 2.42. The van der Waals surface area contributed by atoms with Crippen molar-refractivity contribution in [3.05, 3.63) is 58.4 Å². The normalized spacial score (nSPS) is 10.6. The van der Waals surface area contributed by atoms with E-state index in [4.69, 9.17) is 16.3 Å². The standard InChI is InChI=1S/C19H21ClN6O2/c1-12-7-14(25(2)3)6-5-13(12)10-21-19(27)15-8-16(20)17(9-18(15)28-4)26-11-22-23-24-26/h5-9,11H,10H2,1-4H3,(H,21,27). The van der Waals surface area contributed by atoms with Gasteiger partial charge in [-0.2, -0.15) is 4.68 Å². The second-order valence-electron chi connectivity index (χ2n) is 6.45. The molecule has 0 bridgehead atoms. The second-order valence-corrected chi connectivity index (χ2v) is 6.85. The number of benzene rings is 2. The van der Waals surface area contributed by atoms with E-state index in [2.05, 4.69) is 26.9 Å². The predicted molar refractivity (Wildman–Crippen MR) is 107 cm³/mol. The second kappa shape index (κ2) is 8.26. The Morgan fingerprint density at radius 3 is 2.68 bits per heavy atom. The summed E-state index contributed by atoms with van der Waals surface area (Å²) in [6.07, 6.45) is 1.42. The van der Waals surface area contributed by atoms with Crippen molar-refractivity contribution >= 4 is 23.2 Å². The van der Waals surface area contributed by atoms with Crippen molar-refractivity contribution in [2.24, 2.45) is 0 Å². The maximum atomic E-state index is 12.7. The van der Waals surface area contributed by atoms with E-state index in [9.17, 15) is 4.79 Å². The smallest absolute Gasteiger partial charge is 0.255 e. The number of tetrazole rings is 1. The summed E-state index contributed by atoms with van der Waals surface area (Å²) in [6, 6.07) is 9.29. The zero-order valence-corrected chi connectivity index (χ0v) is 16.9. The van der Waals surface area contributed by atoms with Gasteiger partial charge in [0.25, 0.3) is 5.91 Å². The van der Waals surface area contributed by atoms with E-state index in [0.29, 0.717) is 28.6 Å². The Balaban J connectivity index is 1.80. The first-order valence-corrected chi connectivity index (χ1v) is 8.94. The lowest BCUT2D eigenvalue weighted by molar-refractivity contribution is 0.0948. The van der Waals surface area contributed by atoms with E-state index in [-0.39, 0.29) is 5.91 Å². The van der Waals surface area contributed by atoms with Gasteiger partial charge in [0.05, 0.1) is 23.4 Å². The molecule has 3 rings (SSSR count). The van der Waals surface area contributed by atoms with Crippen molar-refractivity contribution in [3.63, 3.8) is 0 Å². The summed E-state index contributed by atoms with van der Waals surface area (Å²) in [4.78, 5) is 14.8. The molecule has 0 fully saturated rings. The molecule has 8 nitrogen and oxygen atoms in total. The van der Waals surface area contributed by atoms with E-state index >= 15 is 0 Å². The first kappa shape index (κ1) is 19.6. The molecular formula is C19H21ClN6O2. The molecule has 9 heteroatoms. The predicted octanol–water partition coefficient (Wildman–Crippen LogP) is 2.63. The largest absolute Gasteiger partial charge is 0.496 e. The lowest BCUT2D eigenvalue weighted by Crippen LogP contribution is -2.24. The van der Waals surface area contributed by atoms with Gasteiger partial charge in [0, 0.05) is 32.4 Å². The van der Waals surface area contributed by atoms with Crippen LogP contribution in [0.4, 0.5) is 5.69 Å². The number of amides is 1. The van der Waals surface area contributed by atoms with Crippen molar-refractivity contribution in [3.8, 4) is 11.4 Å². The van der Waals surface area contributed by atoms with E-state index in [1.807, 2.05) is 38.1 Å². The van der Waals surface area contributed by atoms with Crippen LogP contribution in [-0.4, -0.2) is 47.3 Å². The number of aryl methyl sites for hydroxylation is 1. The van der Waals surface area contributed by atoms with Crippen molar-refractivity contribution in [2.45, 2.75) is 13.5 Å². The molecule has 1 heterocycles. The molecule has 0 atom stereocenters. The number of methoxy groups -OCH3 is 1. The molecule has 0 radical (unpaired) electrons. The quantitative estimate of drug-likeness (QED) is 0.684. The van der Waals surface area contributed by atoms with Gasteiger partial charge in [0.1, 0.15) is 12.1 Å². The van der Waals surface area contributed by atoms with Crippen molar-refractivity contribution in [1.82, 2.24) is 25.5 Å². The highest BCUT2D eigenvalue weighted by molar-refractivity contribution is 6.33. The van der Waals surface area contributed by atoms with Crippen LogP contribution in [0.5, 0.6) is 5.75 Å². The van der Waals surface area contributed by atoms with Crippen LogP contribution in [0, 0.1) is 6.92 Å². The molecule has 0 unspecified atom stereocenters. The van der Waals surface area contributed by atoms with E-state index in [1.54, 1.807) is 12.1 Å². The molecule has 0 saturated carbocycles. The first-order chi connectivity index (χ1) is 13.4. The average molecular weight is 401 g/mol. The molecule has 0 saturated heterocycles. The molecule has 0 aliphatic carbocycles. The van der Waals surface area contributed by atoms with Gasteiger partial charge in [-0.25, -0.2) is 0 Å². The number of carbonyl (C=O) groups excluding carboxylic acids is 1. The Hall–Kier alpha value is -3.13. The van der Waals surface area contributed by atoms with Crippen molar-refractivity contribution in [2.75, 3.05) is 26.1 Å². The fraction of sp³-hybridized carbons (Fsp3) is 0.263. The number of nitrogens with one attached hydrogen (secondary N) is 1. The fourth-order valence-corrected chi connectivity index (χ4v) is 3.01. The lowest BCUT2D eigenvalue weighted by Gasteiger charge is -2.16. The van der Waals surface area contributed by atoms with E-state index in [1.165, 1.54) is 18.1 Å². The van der Waals surface area contributed by atoms with Crippen LogP contribution in [0.3, 0.4) is 0 Å². The number of hydrogen-bond donors (Lipinski definition) is 1. The van der Waals surface area contributed by atoms with E-state index in [0.717, 1.165) is 16.8 Å². The van der Waals surface area contributed by atoms with E-state index < -0.39 is 0 Å². The summed E-state index contributed by atoms with van der Waals surface area (Å²) in [7, 11) is 5.48.